The zero-order chi connectivity index (χ0) is 17.5. The number of anilines is 1. The van der Waals surface area contributed by atoms with Gasteiger partial charge in [0.2, 0.25) is 0 Å². The highest BCUT2D eigenvalue weighted by Gasteiger charge is 2.21. The Morgan fingerprint density at radius 1 is 1.00 bits per heavy atom. The number of methoxy groups -OCH3 is 2. The van der Waals surface area contributed by atoms with Gasteiger partial charge in [0.05, 0.1) is 25.5 Å². The van der Waals surface area contributed by atoms with Crippen LogP contribution in [0.2, 0.25) is 0 Å². The Kier molecular flexibility index (Phi) is 6.26. The van der Waals surface area contributed by atoms with Crippen LogP contribution < -0.4 is 4.90 Å². The summed E-state index contributed by atoms with van der Waals surface area (Å²) in [4.78, 5) is 26.0. The largest absolute Gasteiger partial charge is 0.465 e. The molecule has 0 radical (unpaired) electrons. The Labute approximate surface area is 145 Å². The summed E-state index contributed by atoms with van der Waals surface area (Å²) < 4.78 is 9.64. The molecule has 2 aromatic rings. The first-order valence-electron chi connectivity index (χ1n) is 7.28. The highest BCUT2D eigenvalue weighted by atomic mass is 32.2. The third-order valence-corrected chi connectivity index (χ3v) is 4.63. The number of amides is 1. The maximum atomic E-state index is 12.1. The van der Waals surface area contributed by atoms with Crippen LogP contribution in [0.5, 0.6) is 0 Å². The van der Waals surface area contributed by atoms with E-state index in [4.69, 9.17) is 9.47 Å². The molecule has 1 amide bonds. The fraction of sp³-hybridized carbons (Fsp3) is 0.222. The van der Waals surface area contributed by atoms with Crippen LogP contribution in [0.25, 0.3) is 0 Å². The molecule has 0 aliphatic carbocycles. The van der Waals surface area contributed by atoms with Gasteiger partial charge in [0.25, 0.3) is 0 Å². The van der Waals surface area contributed by atoms with Crippen molar-refractivity contribution < 1.29 is 19.1 Å². The molecule has 0 atom stereocenters. The van der Waals surface area contributed by atoms with Crippen LogP contribution in [0.3, 0.4) is 0 Å². The third-order valence-electron chi connectivity index (χ3n) is 3.44. The van der Waals surface area contributed by atoms with Gasteiger partial charge in [-0.1, -0.05) is 36.4 Å². The summed E-state index contributed by atoms with van der Waals surface area (Å²) in [5, 5.41) is 0. The molecule has 24 heavy (non-hydrogen) atoms. The van der Waals surface area contributed by atoms with Crippen LogP contribution in [-0.4, -0.2) is 33.3 Å². The number of benzene rings is 2. The second-order valence-electron chi connectivity index (χ2n) is 4.95. The number of ether oxygens (including phenoxy) is 2. The first-order valence-corrected chi connectivity index (χ1v) is 8.26. The Morgan fingerprint density at radius 2 is 1.71 bits per heavy atom. The van der Waals surface area contributed by atoms with Crippen LogP contribution in [-0.2, 0) is 15.2 Å². The van der Waals surface area contributed by atoms with Crippen molar-refractivity contribution >= 4 is 29.5 Å². The molecule has 0 aliphatic heterocycles. The smallest absolute Gasteiger partial charge is 0.413 e. The predicted octanol–water partition coefficient (Wildman–Crippen LogP) is 3.97. The van der Waals surface area contributed by atoms with Crippen LogP contribution >= 0.6 is 11.8 Å². The number of thioether (sulfide) groups is 1. The van der Waals surface area contributed by atoms with Crippen molar-refractivity contribution in [3.63, 3.8) is 0 Å². The van der Waals surface area contributed by atoms with Gasteiger partial charge in [-0.2, -0.15) is 0 Å². The lowest BCUT2D eigenvalue weighted by molar-refractivity contribution is 0.0596. The normalized spacial score (nSPS) is 10.1. The number of carbonyl (C=O) groups is 2. The van der Waals surface area contributed by atoms with E-state index in [-0.39, 0.29) is 0 Å². The molecule has 0 heterocycles. The van der Waals surface area contributed by atoms with Gasteiger partial charge in [-0.15, -0.1) is 11.8 Å². The summed E-state index contributed by atoms with van der Waals surface area (Å²) >= 11 is 1.48. The van der Waals surface area contributed by atoms with E-state index in [1.54, 1.807) is 25.2 Å². The maximum absolute atomic E-state index is 12.1. The molecule has 0 fully saturated rings. The molecule has 5 nitrogen and oxygen atoms in total. The molecule has 0 saturated heterocycles. The average molecular weight is 345 g/mol. The molecular weight excluding hydrogens is 326 g/mol. The minimum Gasteiger partial charge on any atom is -0.465 e. The van der Waals surface area contributed by atoms with Crippen molar-refractivity contribution in [3.8, 4) is 0 Å². The predicted molar refractivity (Wildman–Crippen MR) is 94.6 cm³/mol. The topological polar surface area (TPSA) is 55.8 Å². The molecular formula is C18H19NO4S. The molecule has 2 aromatic carbocycles. The Hall–Kier alpha value is -2.47. The first kappa shape index (κ1) is 17.9. The number of carbonyl (C=O) groups excluding carboxylic acids is 2. The van der Waals surface area contributed by atoms with Crippen LogP contribution in [0.1, 0.15) is 15.9 Å². The summed E-state index contributed by atoms with van der Waals surface area (Å²) in [6.07, 6.45) is -0.501. The van der Waals surface area contributed by atoms with E-state index in [0.717, 1.165) is 5.56 Å². The molecule has 126 valence electrons. The quantitative estimate of drug-likeness (QED) is 0.606. The third kappa shape index (κ3) is 4.08. The number of esters is 1. The van der Waals surface area contributed by atoms with Crippen molar-refractivity contribution in [1.29, 1.82) is 0 Å². The van der Waals surface area contributed by atoms with Gasteiger partial charge >= 0.3 is 12.1 Å². The van der Waals surface area contributed by atoms with E-state index in [0.29, 0.717) is 21.9 Å². The number of hydrogen-bond acceptors (Lipinski definition) is 5. The molecule has 0 aromatic heterocycles. The molecule has 0 unspecified atom stereocenters. The summed E-state index contributed by atoms with van der Waals surface area (Å²) in [5.41, 5.74) is 2.14. The molecule has 0 aliphatic rings. The summed E-state index contributed by atoms with van der Waals surface area (Å²) in [7, 11) is 4.26. The molecule has 0 saturated carbocycles. The molecule has 0 bridgehead atoms. The number of rotatable bonds is 5. The van der Waals surface area contributed by atoms with Crippen LogP contribution in [0, 0.1) is 0 Å². The van der Waals surface area contributed by atoms with E-state index >= 15 is 0 Å². The molecule has 2 rings (SSSR count). The van der Waals surface area contributed by atoms with E-state index in [9.17, 15) is 9.59 Å². The maximum Gasteiger partial charge on any atom is 0.413 e. The zero-order valence-corrected chi connectivity index (χ0v) is 14.6. The van der Waals surface area contributed by atoms with E-state index in [2.05, 4.69) is 0 Å². The van der Waals surface area contributed by atoms with Crippen molar-refractivity contribution in [2.45, 2.75) is 10.6 Å². The van der Waals surface area contributed by atoms with Gasteiger partial charge in [-0.25, -0.2) is 9.59 Å². The summed E-state index contributed by atoms with van der Waals surface area (Å²) in [6.45, 7) is 0. The van der Waals surface area contributed by atoms with Crippen molar-refractivity contribution in [3.05, 3.63) is 59.7 Å². The molecule has 6 heteroatoms. The van der Waals surface area contributed by atoms with E-state index in [1.165, 1.54) is 30.9 Å². The second kappa shape index (κ2) is 8.40. The van der Waals surface area contributed by atoms with Gasteiger partial charge in [0.1, 0.15) is 0 Å². The minimum absolute atomic E-state index is 0.423. The fourth-order valence-electron chi connectivity index (χ4n) is 2.18. The second-order valence-corrected chi connectivity index (χ2v) is 5.93. The lowest BCUT2D eigenvalue weighted by atomic mass is 10.2. The first-order chi connectivity index (χ1) is 11.6. The zero-order valence-electron chi connectivity index (χ0n) is 13.8. The van der Waals surface area contributed by atoms with Gasteiger partial charge < -0.3 is 9.47 Å². The number of nitrogens with zero attached hydrogens (tertiary/aromatic N) is 1. The van der Waals surface area contributed by atoms with E-state index in [1.807, 2.05) is 30.3 Å². The van der Waals surface area contributed by atoms with Gasteiger partial charge in [-0.05, 0) is 17.7 Å². The van der Waals surface area contributed by atoms with Crippen LogP contribution in [0.4, 0.5) is 10.5 Å². The lowest BCUT2D eigenvalue weighted by Crippen LogP contribution is -2.26. The van der Waals surface area contributed by atoms with Gasteiger partial charge in [0.15, 0.2) is 0 Å². The van der Waals surface area contributed by atoms with Gasteiger partial charge in [0, 0.05) is 17.7 Å². The summed E-state index contributed by atoms with van der Waals surface area (Å²) in [6, 6.07) is 15.1. The highest BCUT2D eigenvalue weighted by Crippen LogP contribution is 2.35. The van der Waals surface area contributed by atoms with Crippen LogP contribution in [0.15, 0.2) is 53.4 Å². The highest BCUT2D eigenvalue weighted by molar-refractivity contribution is 7.98. The van der Waals surface area contributed by atoms with E-state index < -0.39 is 12.1 Å². The van der Waals surface area contributed by atoms with Crippen molar-refractivity contribution in [1.82, 2.24) is 0 Å². The Balaban J connectivity index is 2.39. The van der Waals surface area contributed by atoms with Crippen molar-refractivity contribution in [2.24, 2.45) is 0 Å². The van der Waals surface area contributed by atoms with Crippen molar-refractivity contribution in [2.75, 3.05) is 26.2 Å². The fourth-order valence-corrected chi connectivity index (χ4v) is 3.34. The minimum atomic E-state index is -0.501. The Bertz CT molecular complexity index is 718. The molecule has 0 spiro atoms. The standard InChI is InChI=1S/C18H19NO4S/c1-19(18(21)23-3)15-11-7-10-14(17(20)22-2)16(15)24-12-13-8-5-4-6-9-13/h4-11H,12H2,1-3H3. The SMILES string of the molecule is COC(=O)c1cccc(N(C)C(=O)OC)c1SCc1ccccc1. The average Bonchev–Trinajstić information content (AvgIpc) is 2.64. The number of hydrogen-bond donors (Lipinski definition) is 0. The summed E-state index contributed by atoms with van der Waals surface area (Å²) in [5.74, 6) is 0.224. The Morgan fingerprint density at radius 3 is 2.33 bits per heavy atom. The monoisotopic (exact) mass is 345 g/mol. The molecule has 0 N–H and O–H groups in total. The van der Waals surface area contributed by atoms with Gasteiger partial charge in [-0.3, -0.25) is 4.90 Å². The lowest BCUT2D eigenvalue weighted by Gasteiger charge is -2.20.